The Kier molecular flexibility index (Phi) is 4.83. The summed E-state index contributed by atoms with van der Waals surface area (Å²) >= 11 is 0. The molecule has 2 fully saturated rings. The van der Waals surface area contributed by atoms with E-state index < -0.39 is 11.5 Å². The summed E-state index contributed by atoms with van der Waals surface area (Å²) in [6.07, 6.45) is 5.08. The Balaban J connectivity index is 1.59. The highest BCUT2D eigenvalue weighted by Crippen LogP contribution is 2.48. The van der Waals surface area contributed by atoms with E-state index in [-0.39, 0.29) is 0 Å². The van der Waals surface area contributed by atoms with Crippen molar-refractivity contribution in [3.63, 3.8) is 0 Å². The van der Waals surface area contributed by atoms with Gasteiger partial charge in [-0.3, -0.25) is 4.79 Å². The van der Waals surface area contributed by atoms with Crippen LogP contribution in [0.2, 0.25) is 0 Å². The van der Waals surface area contributed by atoms with Gasteiger partial charge in [-0.1, -0.05) is 67.1 Å². The minimum absolute atomic E-state index is 0.464. The van der Waals surface area contributed by atoms with E-state index in [9.17, 15) is 9.90 Å². The van der Waals surface area contributed by atoms with Crippen LogP contribution in [0.3, 0.4) is 0 Å². The summed E-state index contributed by atoms with van der Waals surface area (Å²) in [5.74, 6) is 1.47. The van der Waals surface area contributed by atoms with Gasteiger partial charge in [-0.15, -0.1) is 0 Å². The van der Waals surface area contributed by atoms with Gasteiger partial charge in [0, 0.05) is 11.6 Å². The highest BCUT2D eigenvalue weighted by atomic mass is 16.3. The quantitative estimate of drug-likeness (QED) is 0.627. The van der Waals surface area contributed by atoms with E-state index in [1.807, 2.05) is 43.3 Å². The minimum atomic E-state index is -1.78. The Morgan fingerprint density at radius 1 is 1.00 bits per heavy atom. The molecule has 3 unspecified atom stereocenters. The summed E-state index contributed by atoms with van der Waals surface area (Å²) in [5.41, 5.74) is 2.91. The van der Waals surface area contributed by atoms with E-state index in [1.165, 1.54) is 25.7 Å². The van der Waals surface area contributed by atoms with Crippen LogP contribution >= 0.6 is 0 Å². The van der Waals surface area contributed by atoms with E-state index in [2.05, 4.69) is 10.5 Å². The second-order valence-corrected chi connectivity index (χ2v) is 7.92. The first-order valence-corrected chi connectivity index (χ1v) is 9.77. The maximum Gasteiger partial charge on any atom is 0.281 e. The van der Waals surface area contributed by atoms with Crippen molar-refractivity contribution >= 4 is 11.6 Å². The van der Waals surface area contributed by atoms with Crippen molar-refractivity contribution in [1.82, 2.24) is 5.43 Å². The predicted molar refractivity (Wildman–Crippen MR) is 106 cm³/mol. The lowest BCUT2D eigenvalue weighted by atomic mass is 9.85. The molecule has 4 rings (SSSR count). The average molecular weight is 362 g/mol. The first kappa shape index (κ1) is 17.9. The van der Waals surface area contributed by atoms with Gasteiger partial charge < -0.3 is 5.11 Å². The summed E-state index contributed by atoms with van der Waals surface area (Å²) in [6, 6.07) is 18.1. The number of carbonyl (C=O) groups excluding carboxylic acids is 1. The average Bonchev–Trinajstić information content (AvgIpc) is 3.36. The van der Waals surface area contributed by atoms with Crippen molar-refractivity contribution in [3.8, 4) is 0 Å². The number of amides is 1. The molecule has 2 aromatic carbocycles. The van der Waals surface area contributed by atoms with Crippen molar-refractivity contribution in [1.29, 1.82) is 0 Å². The SMILES string of the molecule is C/C(=N\NC(=O)C(O)(c1ccccc1)c1ccccc1)C1CC2CCC1C2. The molecule has 2 aromatic rings. The summed E-state index contributed by atoms with van der Waals surface area (Å²) in [6.45, 7) is 2.00. The second kappa shape index (κ2) is 7.28. The third kappa shape index (κ3) is 3.30. The van der Waals surface area contributed by atoms with E-state index in [4.69, 9.17) is 0 Å². The Morgan fingerprint density at radius 3 is 2.07 bits per heavy atom. The van der Waals surface area contributed by atoms with Crippen molar-refractivity contribution in [2.75, 3.05) is 0 Å². The Labute approximate surface area is 160 Å². The molecule has 0 spiro atoms. The summed E-state index contributed by atoms with van der Waals surface area (Å²) in [4.78, 5) is 13.1. The smallest absolute Gasteiger partial charge is 0.281 e. The van der Waals surface area contributed by atoms with Crippen LogP contribution in [-0.2, 0) is 10.4 Å². The molecule has 3 atom stereocenters. The predicted octanol–water partition coefficient (Wildman–Crippen LogP) is 3.85. The van der Waals surface area contributed by atoms with Gasteiger partial charge in [-0.25, -0.2) is 5.43 Å². The Hall–Kier alpha value is -2.46. The molecule has 1 amide bonds. The van der Waals surface area contributed by atoms with Gasteiger partial charge in [0.15, 0.2) is 5.60 Å². The van der Waals surface area contributed by atoms with Gasteiger partial charge >= 0.3 is 0 Å². The highest BCUT2D eigenvalue weighted by Gasteiger charge is 2.42. The molecule has 140 valence electrons. The van der Waals surface area contributed by atoms with E-state index >= 15 is 0 Å². The van der Waals surface area contributed by atoms with Crippen molar-refractivity contribution in [2.24, 2.45) is 22.9 Å². The molecule has 4 heteroatoms. The van der Waals surface area contributed by atoms with Crippen LogP contribution in [-0.4, -0.2) is 16.7 Å². The molecular formula is C23H26N2O2. The summed E-state index contributed by atoms with van der Waals surface area (Å²) in [7, 11) is 0. The van der Waals surface area contributed by atoms with Crippen LogP contribution in [0.4, 0.5) is 0 Å². The first-order chi connectivity index (χ1) is 13.1. The fourth-order valence-corrected chi connectivity index (χ4v) is 4.85. The molecule has 2 aliphatic rings. The molecule has 2 bridgehead atoms. The number of nitrogens with zero attached hydrogens (tertiary/aromatic N) is 1. The van der Waals surface area contributed by atoms with E-state index in [1.54, 1.807) is 24.3 Å². The lowest BCUT2D eigenvalue weighted by molar-refractivity contribution is -0.136. The van der Waals surface area contributed by atoms with Gasteiger partial charge in [0.2, 0.25) is 0 Å². The third-order valence-corrected chi connectivity index (χ3v) is 6.32. The molecule has 0 saturated heterocycles. The zero-order valence-electron chi connectivity index (χ0n) is 15.6. The fraction of sp³-hybridized carbons (Fsp3) is 0.391. The number of rotatable bonds is 5. The normalized spacial score (nSPS) is 24.8. The number of nitrogens with one attached hydrogen (secondary N) is 1. The zero-order valence-corrected chi connectivity index (χ0v) is 15.6. The van der Waals surface area contributed by atoms with Gasteiger partial charge in [-0.2, -0.15) is 5.10 Å². The lowest BCUT2D eigenvalue weighted by Crippen LogP contribution is -2.44. The van der Waals surface area contributed by atoms with Crippen LogP contribution in [0.25, 0.3) is 0 Å². The largest absolute Gasteiger partial charge is 0.372 e. The molecule has 27 heavy (non-hydrogen) atoms. The standard InChI is InChI=1S/C23H26N2O2/c1-16(21-15-17-12-13-18(21)14-17)24-25-22(26)23(27,19-8-4-2-5-9-19)20-10-6-3-7-11-20/h2-11,17-18,21,27H,12-15H2,1H3,(H,25,26)/b24-16+. The topological polar surface area (TPSA) is 61.7 Å². The fourth-order valence-electron chi connectivity index (χ4n) is 4.85. The maximum absolute atomic E-state index is 13.1. The van der Waals surface area contributed by atoms with Gasteiger partial charge in [0.05, 0.1) is 0 Å². The Morgan fingerprint density at radius 2 is 1.59 bits per heavy atom. The van der Waals surface area contributed by atoms with Crippen LogP contribution in [0.5, 0.6) is 0 Å². The van der Waals surface area contributed by atoms with Gasteiger partial charge in [0.25, 0.3) is 5.91 Å². The molecule has 0 radical (unpaired) electrons. The third-order valence-electron chi connectivity index (χ3n) is 6.32. The number of hydrogen-bond donors (Lipinski definition) is 2. The molecule has 0 heterocycles. The minimum Gasteiger partial charge on any atom is -0.372 e. The summed E-state index contributed by atoms with van der Waals surface area (Å²) < 4.78 is 0. The molecule has 0 aliphatic heterocycles. The van der Waals surface area contributed by atoms with Crippen LogP contribution < -0.4 is 5.43 Å². The molecule has 2 N–H and O–H groups in total. The van der Waals surface area contributed by atoms with E-state index in [0.717, 1.165) is 11.6 Å². The zero-order chi connectivity index (χ0) is 18.9. The Bertz CT molecular complexity index is 792. The number of fused-ring (bicyclic) bond motifs is 2. The van der Waals surface area contributed by atoms with Crippen LogP contribution in [0.15, 0.2) is 65.8 Å². The number of benzene rings is 2. The first-order valence-electron chi connectivity index (χ1n) is 9.77. The highest BCUT2D eigenvalue weighted by molar-refractivity contribution is 5.92. The van der Waals surface area contributed by atoms with Crippen molar-refractivity contribution in [3.05, 3.63) is 71.8 Å². The number of hydrogen-bond acceptors (Lipinski definition) is 3. The summed E-state index contributed by atoms with van der Waals surface area (Å²) in [5, 5.41) is 15.8. The van der Waals surface area contributed by atoms with Crippen molar-refractivity contribution in [2.45, 2.75) is 38.2 Å². The van der Waals surface area contributed by atoms with E-state index in [0.29, 0.717) is 23.0 Å². The number of carbonyl (C=O) groups is 1. The maximum atomic E-state index is 13.1. The molecular weight excluding hydrogens is 336 g/mol. The second-order valence-electron chi connectivity index (χ2n) is 7.92. The van der Waals surface area contributed by atoms with Crippen LogP contribution in [0.1, 0.15) is 43.7 Å². The molecule has 2 aliphatic carbocycles. The molecule has 4 nitrogen and oxygen atoms in total. The molecule has 0 aromatic heterocycles. The molecule has 2 saturated carbocycles. The number of hydrazone groups is 1. The van der Waals surface area contributed by atoms with Crippen molar-refractivity contribution < 1.29 is 9.90 Å². The van der Waals surface area contributed by atoms with Crippen LogP contribution in [0, 0.1) is 17.8 Å². The number of aliphatic hydroxyl groups is 1. The monoisotopic (exact) mass is 362 g/mol. The van der Waals surface area contributed by atoms with Gasteiger partial charge in [0.1, 0.15) is 0 Å². The lowest BCUT2D eigenvalue weighted by Gasteiger charge is -2.27. The van der Waals surface area contributed by atoms with Gasteiger partial charge in [-0.05, 0) is 49.1 Å².